The van der Waals surface area contributed by atoms with Crippen LogP contribution in [0, 0.1) is 11.2 Å². The van der Waals surface area contributed by atoms with Crippen molar-refractivity contribution in [2.24, 2.45) is 5.41 Å². The van der Waals surface area contributed by atoms with Crippen molar-refractivity contribution in [3.05, 3.63) is 29.6 Å². The Morgan fingerprint density at radius 2 is 2.25 bits per heavy atom. The SMILES string of the molecule is COc1ccc(CC2(C(=O)O)CC2)cc1F. The lowest BCUT2D eigenvalue weighted by Crippen LogP contribution is -2.17. The summed E-state index contributed by atoms with van der Waals surface area (Å²) in [5.41, 5.74) is 0.0549. The number of carboxylic acids is 1. The predicted molar refractivity (Wildman–Crippen MR) is 56.0 cm³/mol. The minimum atomic E-state index is -0.788. The Balaban J connectivity index is 2.17. The zero-order chi connectivity index (χ0) is 11.8. The molecule has 1 aliphatic carbocycles. The molecular formula is C12H13FO3. The number of hydrogen-bond donors (Lipinski definition) is 1. The standard InChI is InChI=1S/C12H13FO3/c1-16-10-3-2-8(6-9(10)13)7-12(4-5-12)11(14)15/h2-3,6H,4-5,7H2,1H3,(H,14,15). The first-order valence-corrected chi connectivity index (χ1v) is 5.13. The van der Waals surface area contributed by atoms with Gasteiger partial charge >= 0.3 is 5.97 Å². The zero-order valence-electron chi connectivity index (χ0n) is 9.00. The van der Waals surface area contributed by atoms with Gasteiger partial charge in [0.15, 0.2) is 11.6 Å². The van der Waals surface area contributed by atoms with Crippen LogP contribution in [0.4, 0.5) is 4.39 Å². The second-order valence-electron chi connectivity index (χ2n) is 4.23. The molecule has 4 heteroatoms. The van der Waals surface area contributed by atoms with Crippen molar-refractivity contribution in [3.63, 3.8) is 0 Å². The third kappa shape index (κ3) is 1.87. The smallest absolute Gasteiger partial charge is 0.309 e. The minimum Gasteiger partial charge on any atom is -0.494 e. The fourth-order valence-electron chi connectivity index (χ4n) is 1.83. The van der Waals surface area contributed by atoms with Crippen LogP contribution in [0.1, 0.15) is 18.4 Å². The molecule has 0 heterocycles. The van der Waals surface area contributed by atoms with Crippen LogP contribution in [-0.4, -0.2) is 18.2 Å². The maximum atomic E-state index is 13.4. The van der Waals surface area contributed by atoms with Gasteiger partial charge in [0.25, 0.3) is 0 Å². The van der Waals surface area contributed by atoms with E-state index in [1.165, 1.54) is 19.2 Å². The molecule has 1 aliphatic rings. The van der Waals surface area contributed by atoms with Crippen LogP contribution in [-0.2, 0) is 11.2 Å². The molecule has 0 aliphatic heterocycles. The molecule has 0 aromatic heterocycles. The van der Waals surface area contributed by atoms with Gasteiger partial charge in [0, 0.05) is 0 Å². The van der Waals surface area contributed by atoms with E-state index in [9.17, 15) is 9.18 Å². The Hall–Kier alpha value is -1.58. The Morgan fingerprint density at radius 3 is 2.69 bits per heavy atom. The first-order valence-electron chi connectivity index (χ1n) is 5.13. The van der Waals surface area contributed by atoms with Gasteiger partial charge in [0.1, 0.15) is 0 Å². The van der Waals surface area contributed by atoms with E-state index in [0.717, 1.165) is 0 Å². The van der Waals surface area contributed by atoms with Gasteiger partial charge in [-0.1, -0.05) is 6.07 Å². The summed E-state index contributed by atoms with van der Waals surface area (Å²) in [6.07, 6.45) is 1.75. The van der Waals surface area contributed by atoms with E-state index in [-0.39, 0.29) is 5.75 Å². The first kappa shape index (κ1) is 10.9. The van der Waals surface area contributed by atoms with Gasteiger partial charge in [-0.05, 0) is 37.0 Å². The largest absolute Gasteiger partial charge is 0.494 e. The van der Waals surface area contributed by atoms with Crippen LogP contribution < -0.4 is 4.74 Å². The van der Waals surface area contributed by atoms with Gasteiger partial charge in [-0.15, -0.1) is 0 Å². The summed E-state index contributed by atoms with van der Waals surface area (Å²) in [6.45, 7) is 0. The number of methoxy groups -OCH3 is 1. The van der Waals surface area contributed by atoms with Crippen LogP contribution in [0.3, 0.4) is 0 Å². The molecule has 86 valence electrons. The number of carbonyl (C=O) groups is 1. The molecule has 16 heavy (non-hydrogen) atoms. The molecule has 1 N–H and O–H groups in total. The van der Waals surface area contributed by atoms with Gasteiger partial charge < -0.3 is 9.84 Å². The maximum absolute atomic E-state index is 13.4. The van der Waals surface area contributed by atoms with E-state index in [4.69, 9.17) is 9.84 Å². The van der Waals surface area contributed by atoms with Crippen molar-refractivity contribution < 1.29 is 19.0 Å². The second kappa shape index (κ2) is 3.77. The van der Waals surface area contributed by atoms with Gasteiger partial charge in [-0.3, -0.25) is 4.79 Å². The van der Waals surface area contributed by atoms with E-state index >= 15 is 0 Å². The van der Waals surface area contributed by atoms with Crippen LogP contribution in [0.5, 0.6) is 5.75 Å². The van der Waals surface area contributed by atoms with Gasteiger partial charge in [-0.2, -0.15) is 0 Å². The summed E-state index contributed by atoms with van der Waals surface area (Å²) in [7, 11) is 1.40. The number of carboxylic acid groups (broad SMARTS) is 1. The summed E-state index contributed by atoms with van der Waals surface area (Å²) >= 11 is 0. The average molecular weight is 224 g/mol. The lowest BCUT2D eigenvalue weighted by Gasteiger charge is -2.10. The van der Waals surface area contributed by atoms with Gasteiger partial charge in [-0.25, -0.2) is 4.39 Å². The van der Waals surface area contributed by atoms with Crippen LogP contribution in [0.2, 0.25) is 0 Å². The van der Waals surface area contributed by atoms with Gasteiger partial charge in [0.2, 0.25) is 0 Å². The van der Waals surface area contributed by atoms with Crippen molar-refractivity contribution in [2.45, 2.75) is 19.3 Å². The normalized spacial score (nSPS) is 16.9. The summed E-state index contributed by atoms with van der Waals surface area (Å²) in [4.78, 5) is 11.0. The third-order valence-corrected chi connectivity index (χ3v) is 3.07. The molecule has 0 spiro atoms. The van der Waals surface area contributed by atoms with Crippen molar-refractivity contribution in [1.82, 2.24) is 0 Å². The van der Waals surface area contributed by atoms with E-state index < -0.39 is 17.2 Å². The summed E-state index contributed by atoms with van der Waals surface area (Å²) in [6, 6.07) is 4.59. The average Bonchev–Trinajstić information content (AvgIpc) is 2.99. The maximum Gasteiger partial charge on any atom is 0.309 e. The molecular weight excluding hydrogens is 211 g/mol. The van der Waals surface area contributed by atoms with Crippen molar-refractivity contribution in [1.29, 1.82) is 0 Å². The van der Waals surface area contributed by atoms with Gasteiger partial charge in [0.05, 0.1) is 12.5 Å². The molecule has 1 aromatic rings. The lowest BCUT2D eigenvalue weighted by atomic mass is 9.96. The molecule has 1 saturated carbocycles. The number of rotatable bonds is 4. The highest BCUT2D eigenvalue weighted by molar-refractivity contribution is 5.78. The van der Waals surface area contributed by atoms with Crippen molar-refractivity contribution >= 4 is 5.97 Å². The molecule has 0 amide bonds. The van der Waals surface area contributed by atoms with E-state index in [1.54, 1.807) is 6.07 Å². The fraction of sp³-hybridized carbons (Fsp3) is 0.417. The van der Waals surface area contributed by atoms with Crippen LogP contribution in [0.25, 0.3) is 0 Å². The molecule has 0 atom stereocenters. The fourth-order valence-corrected chi connectivity index (χ4v) is 1.83. The Kier molecular flexibility index (Phi) is 2.58. The highest BCUT2D eigenvalue weighted by atomic mass is 19.1. The molecule has 1 fully saturated rings. The Morgan fingerprint density at radius 1 is 1.56 bits per heavy atom. The number of aliphatic carboxylic acids is 1. The summed E-state index contributed by atoms with van der Waals surface area (Å²) < 4.78 is 18.2. The first-order chi connectivity index (χ1) is 7.57. The Labute approximate surface area is 92.9 Å². The topological polar surface area (TPSA) is 46.5 Å². The monoisotopic (exact) mass is 224 g/mol. The third-order valence-electron chi connectivity index (χ3n) is 3.07. The predicted octanol–water partition coefficient (Wildman–Crippen LogP) is 2.24. The molecule has 0 saturated heterocycles. The molecule has 3 nitrogen and oxygen atoms in total. The Bertz CT molecular complexity index is 424. The highest BCUT2D eigenvalue weighted by Crippen LogP contribution is 2.48. The number of halogens is 1. The van der Waals surface area contributed by atoms with E-state index in [2.05, 4.69) is 0 Å². The number of benzene rings is 1. The molecule has 0 unspecified atom stereocenters. The quantitative estimate of drug-likeness (QED) is 0.853. The summed E-state index contributed by atoms with van der Waals surface area (Å²) in [5.74, 6) is -1.05. The zero-order valence-corrected chi connectivity index (χ0v) is 9.00. The highest BCUT2D eigenvalue weighted by Gasteiger charge is 2.49. The van der Waals surface area contributed by atoms with Crippen molar-refractivity contribution in [3.8, 4) is 5.75 Å². The van der Waals surface area contributed by atoms with Crippen molar-refractivity contribution in [2.75, 3.05) is 7.11 Å². The summed E-state index contributed by atoms with van der Waals surface area (Å²) in [5, 5.41) is 9.02. The lowest BCUT2D eigenvalue weighted by molar-refractivity contribution is -0.143. The number of ether oxygens (including phenoxy) is 1. The van der Waals surface area contributed by atoms with E-state index in [1.807, 2.05) is 0 Å². The molecule has 2 rings (SSSR count). The van der Waals surface area contributed by atoms with E-state index in [0.29, 0.717) is 24.8 Å². The second-order valence-corrected chi connectivity index (χ2v) is 4.23. The molecule has 1 aromatic carbocycles. The minimum absolute atomic E-state index is 0.184. The van der Waals surface area contributed by atoms with Crippen LogP contribution >= 0.6 is 0 Å². The molecule has 0 radical (unpaired) electrons. The molecule has 0 bridgehead atoms. The number of hydrogen-bond acceptors (Lipinski definition) is 2. The van der Waals surface area contributed by atoms with Crippen LogP contribution in [0.15, 0.2) is 18.2 Å².